The van der Waals surface area contributed by atoms with E-state index in [1.165, 1.54) is 11.1 Å². The molecule has 0 saturated heterocycles. The van der Waals surface area contributed by atoms with Crippen molar-refractivity contribution in [2.75, 3.05) is 33.9 Å². The van der Waals surface area contributed by atoms with Crippen LogP contribution >= 0.6 is 24.0 Å². The smallest absolute Gasteiger partial charge is 0.190 e. The topological polar surface area (TPSA) is 54.9 Å². The Hall–Kier alpha value is -0.860. The fourth-order valence-corrected chi connectivity index (χ4v) is 1.75. The van der Waals surface area contributed by atoms with Crippen LogP contribution in [0.25, 0.3) is 0 Å². The van der Waals surface area contributed by atoms with E-state index in [1.54, 1.807) is 7.05 Å². The van der Waals surface area contributed by atoms with Gasteiger partial charge in [-0.05, 0) is 18.1 Å². The summed E-state index contributed by atoms with van der Waals surface area (Å²) in [6, 6.07) is 8.33. The highest BCUT2D eigenvalue weighted by Gasteiger charge is 1.98. The van der Waals surface area contributed by atoms with Crippen LogP contribution in [0.3, 0.4) is 0 Å². The zero-order chi connectivity index (χ0) is 14.6. The number of nitrogens with one attached hydrogen (secondary N) is 2. The Labute approximate surface area is 144 Å². The van der Waals surface area contributed by atoms with Crippen LogP contribution in [0, 0.1) is 0 Å². The summed E-state index contributed by atoms with van der Waals surface area (Å²) >= 11 is 0. The number of hydrogen-bond donors (Lipinski definition) is 2. The molecule has 0 aromatic heterocycles. The highest BCUT2D eigenvalue weighted by atomic mass is 127. The molecule has 0 aliphatic heterocycles. The van der Waals surface area contributed by atoms with Crippen molar-refractivity contribution in [1.82, 2.24) is 10.6 Å². The first-order valence-electron chi connectivity index (χ1n) is 6.91. The first kappa shape index (κ1) is 20.1. The second-order valence-corrected chi connectivity index (χ2v) is 4.25. The average Bonchev–Trinajstić information content (AvgIpc) is 2.48. The van der Waals surface area contributed by atoms with E-state index < -0.39 is 0 Å². The molecule has 0 spiro atoms. The lowest BCUT2D eigenvalue weighted by Gasteiger charge is -2.10. The Kier molecular flexibility index (Phi) is 12.3. The van der Waals surface area contributed by atoms with Crippen LogP contribution in [0.15, 0.2) is 29.3 Å². The second-order valence-electron chi connectivity index (χ2n) is 4.25. The van der Waals surface area contributed by atoms with Crippen LogP contribution in [-0.2, 0) is 22.6 Å². The molecule has 0 aliphatic carbocycles. The summed E-state index contributed by atoms with van der Waals surface area (Å²) < 4.78 is 10.8. The highest BCUT2D eigenvalue weighted by Crippen LogP contribution is 2.06. The molecule has 0 fully saturated rings. The van der Waals surface area contributed by atoms with Gasteiger partial charge in [0.25, 0.3) is 0 Å². The maximum Gasteiger partial charge on any atom is 0.190 e. The largest absolute Gasteiger partial charge is 0.379 e. The van der Waals surface area contributed by atoms with E-state index in [9.17, 15) is 0 Å². The standard InChI is InChI=1S/C15H25N3O2.HI/c1-4-19-8-9-20-12-14-7-5-6-13(10-14)11-18-15(16-2)17-3;/h5-7,10H,4,8-9,11-12H2,1-3H3,(H2,16,17,18);1H. The third-order valence-corrected chi connectivity index (χ3v) is 2.76. The van der Waals surface area contributed by atoms with Gasteiger partial charge in [0, 0.05) is 27.2 Å². The molecule has 0 unspecified atom stereocenters. The Morgan fingerprint density at radius 3 is 2.57 bits per heavy atom. The van der Waals surface area contributed by atoms with Gasteiger partial charge in [-0.1, -0.05) is 24.3 Å². The predicted octanol–water partition coefficient (Wildman–Crippen LogP) is 2.15. The summed E-state index contributed by atoms with van der Waals surface area (Å²) in [5.41, 5.74) is 2.37. The van der Waals surface area contributed by atoms with Gasteiger partial charge in [-0.25, -0.2) is 0 Å². The van der Waals surface area contributed by atoms with Crippen molar-refractivity contribution in [3.63, 3.8) is 0 Å². The minimum absolute atomic E-state index is 0. The highest BCUT2D eigenvalue weighted by molar-refractivity contribution is 14.0. The molecule has 0 atom stereocenters. The van der Waals surface area contributed by atoms with Gasteiger partial charge in [-0.15, -0.1) is 24.0 Å². The monoisotopic (exact) mass is 407 g/mol. The third kappa shape index (κ3) is 8.90. The lowest BCUT2D eigenvalue weighted by Crippen LogP contribution is -2.34. The summed E-state index contributed by atoms with van der Waals surface area (Å²) in [7, 11) is 3.60. The number of benzene rings is 1. The van der Waals surface area contributed by atoms with E-state index in [4.69, 9.17) is 9.47 Å². The number of hydrogen-bond acceptors (Lipinski definition) is 3. The van der Waals surface area contributed by atoms with Crippen LogP contribution in [-0.4, -0.2) is 39.9 Å². The molecular weight excluding hydrogens is 381 g/mol. The summed E-state index contributed by atoms with van der Waals surface area (Å²) in [4.78, 5) is 4.08. The van der Waals surface area contributed by atoms with Crippen molar-refractivity contribution in [3.8, 4) is 0 Å². The number of aliphatic imine (C=N–C) groups is 1. The van der Waals surface area contributed by atoms with Crippen molar-refractivity contribution in [3.05, 3.63) is 35.4 Å². The van der Waals surface area contributed by atoms with E-state index in [0.29, 0.717) is 19.8 Å². The molecule has 0 radical (unpaired) electrons. The second kappa shape index (κ2) is 12.8. The summed E-state index contributed by atoms with van der Waals surface area (Å²) in [6.45, 7) is 5.34. The van der Waals surface area contributed by atoms with Crippen LogP contribution in [0.4, 0.5) is 0 Å². The van der Waals surface area contributed by atoms with Crippen molar-refractivity contribution in [1.29, 1.82) is 0 Å². The van der Waals surface area contributed by atoms with Gasteiger partial charge < -0.3 is 20.1 Å². The molecule has 0 heterocycles. The quantitative estimate of drug-likeness (QED) is 0.300. The number of rotatable bonds is 8. The van der Waals surface area contributed by atoms with Gasteiger partial charge in [0.05, 0.1) is 19.8 Å². The van der Waals surface area contributed by atoms with Crippen molar-refractivity contribution in [2.45, 2.75) is 20.1 Å². The minimum atomic E-state index is 0. The molecule has 6 heteroatoms. The van der Waals surface area contributed by atoms with Crippen molar-refractivity contribution < 1.29 is 9.47 Å². The van der Waals surface area contributed by atoms with Crippen molar-refractivity contribution in [2.24, 2.45) is 4.99 Å². The Bertz CT molecular complexity index is 414. The van der Waals surface area contributed by atoms with Crippen molar-refractivity contribution >= 4 is 29.9 Å². The van der Waals surface area contributed by atoms with Crippen LogP contribution in [0.2, 0.25) is 0 Å². The average molecular weight is 407 g/mol. The Morgan fingerprint density at radius 1 is 1.19 bits per heavy atom. The molecule has 1 aromatic rings. The van der Waals surface area contributed by atoms with Gasteiger partial charge in [0.15, 0.2) is 5.96 Å². The SMILES string of the molecule is CCOCCOCc1cccc(CNC(=NC)NC)c1.I. The normalized spacial score (nSPS) is 10.9. The Balaban J connectivity index is 0.00000400. The summed E-state index contributed by atoms with van der Waals surface area (Å²) in [5, 5.41) is 6.22. The molecule has 21 heavy (non-hydrogen) atoms. The van der Waals surface area contributed by atoms with Gasteiger partial charge in [-0.2, -0.15) is 0 Å². The van der Waals surface area contributed by atoms with Crippen LogP contribution in [0.1, 0.15) is 18.1 Å². The molecule has 0 saturated carbocycles. The lowest BCUT2D eigenvalue weighted by molar-refractivity contribution is 0.0453. The van der Waals surface area contributed by atoms with Crippen LogP contribution < -0.4 is 10.6 Å². The molecule has 2 N–H and O–H groups in total. The molecule has 1 rings (SSSR count). The first-order chi connectivity index (χ1) is 9.80. The predicted molar refractivity (Wildman–Crippen MR) is 97.3 cm³/mol. The number of halogens is 1. The molecule has 5 nitrogen and oxygen atoms in total. The number of ether oxygens (including phenoxy) is 2. The number of guanidine groups is 1. The first-order valence-corrected chi connectivity index (χ1v) is 6.91. The van der Waals surface area contributed by atoms with Gasteiger partial charge in [0.1, 0.15) is 0 Å². The maximum atomic E-state index is 5.56. The zero-order valence-electron chi connectivity index (χ0n) is 13.0. The van der Waals surface area contributed by atoms with E-state index in [0.717, 1.165) is 19.1 Å². The van der Waals surface area contributed by atoms with E-state index >= 15 is 0 Å². The fourth-order valence-electron chi connectivity index (χ4n) is 1.75. The minimum Gasteiger partial charge on any atom is -0.379 e. The van der Waals surface area contributed by atoms with E-state index in [-0.39, 0.29) is 24.0 Å². The van der Waals surface area contributed by atoms with E-state index in [1.807, 2.05) is 20.0 Å². The van der Waals surface area contributed by atoms with Gasteiger partial charge in [0.2, 0.25) is 0 Å². The zero-order valence-corrected chi connectivity index (χ0v) is 15.3. The molecule has 120 valence electrons. The lowest BCUT2D eigenvalue weighted by atomic mass is 10.1. The van der Waals surface area contributed by atoms with Gasteiger partial charge in [-0.3, -0.25) is 4.99 Å². The fraction of sp³-hybridized carbons (Fsp3) is 0.533. The Morgan fingerprint density at radius 2 is 1.90 bits per heavy atom. The van der Waals surface area contributed by atoms with Gasteiger partial charge >= 0.3 is 0 Å². The molecule has 0 amide bonds. The maximum absolute atomic E-state index is 5.56. The van der Waals surface area contributed by atoms with E-state index in [2.05, 4.69) is 33.8 Å². The third-order valence-electron chi connectivity index (χ3n) is 2.76. The summed E-state index contributed by atoms with van der Waals surface area (Å²) in [6.07, 6.45) is 0. The van der Waals surface area contributed by atoms with Crippen LogP contribution in [0.5, 0.6) is 0 Å². The molecule has 1 aromatic carbocycles. The summed E-state index contributed by atoms with van der Waals surface area (Å²) in [5.74, 6) is 0.781. The number of nitrogens with zero attached hydrogens (tertiary/aromatic N) is 1. The molecule has 0 bridgehead atoms. The molecular formula is C15H26IN3O2. The molecule has 0 aliphatic rings.